The number of fused-ring (bicyclic) bond motifs is 1. The lowest BCUT2D eigenvalue weighted by atomic mass is 10.0. The van der Waals surface area contributed by atoms with Crippen LogP contribution in [0.25, 0.3) is 16.8 Å². The van der Waals surface area contributed by atoms with Crippen LogP contribution < -0.4 is 14.8 Å². The van der Waals surface area contributed by atoms with Gasteiger partial charge < -0.3 is 14.8 Å². The molecule has 204 valence electrons. The molecule has 0 radical (unpaired) electrons. The van der Waals surface area contributed by atoms with Gasteiger partial charge in [0, 0.05) is 24.5 Å². The summed E-state index contributed by atoms with van der Waals surface area (Å²) in [6.07, 6.45) is 1.62. The van der Waals surface area contributed by atoms with Gasteiger partial charge in [-0.1, -0.05) is 12.1 Å². The third-order valence-corrected chi connectivity index (χ3v) is 8.77. The first kappa shape index (κ1) is 26.6. The molecule has 11 heteroatoms. The first-order chi connectivity index (χ1) is 18.6. The molecule has 5 rings (SSSR count). The predicted octanol–water partition coefficient (Wildman–Crippen LogP) is 4.38. The fourth-order valence-corrected chi connectivity index (χ4v) is 6.65. The van der Waals surface area contributed by atoms with Crippen LogP contribution in [-0.2, 0) is 10.0 Å². The van der Waals surface area contributed by atoms with Crippen LogP contribution in [0.15, 0.2) is 47.4 Å². The number of aromatic nitrogens is 3. The normalized spacial score (nSPS) is 14.1. The Labute approximate surface area is 227 Å². The summed E-state index contributed by atoms with van der Waals surface area (Å²) in [5, 5.41) is 7.54. The number of amides is 1. The monoisotopic (exact) mass is 549 g/mol. The van der Waals surface area contributed by atoms with E-state index in [0.717, 1.165) is 29.8 Å². The van der Waals surface area contributed by atoms with Gasteiger partial charge in [0.25, 0.3) is 5.91 Å². The van der Waals surface area contributed by atoms with Crippen molar-refractivity contribution in [1.29, 1.82) is 0 Å². The highest BCUT2D eigenvalue weighted by Crippen LogP contribution is 2.36. The Morgan fingerprint density at radius 1 is 0.949 bits per heavy atom. The van der Waals surface area contributed by atoms with E-state index in [-0.39, 0.29) is 16.3 Å². The lowest BCUT2D eigenvalue weighted by Crippen LogP contribution is -2.28. The van der Waals surface area contributed by atoms with E-state index in [1.807, 2.05) is 39.0 Å². The van der Waals surface area contributed by atoms with Gasteiger partial charge in [-0.15, -0.1) is 0 Å². The molecular weight excluding hydrogens is 518 g/mol. The maximum atomic E-state index is 13.7. The fraction of sp³-hybridized carbons (Fsp3) is 0.321. The van der Waals surface area contributed by atoms with Crippen LogP contribution >= 0.6 is 0 Å². The summed E-state index contributed by atoms with van der Waals surface area (Å²) in [6, 6.07) is 12.2. The molecular formula is C28H31N5O5S. The lowest BCUT2D eigenvalue weighted by molar-refractivity contribution is 0.102. The Morgan fingerprint density at radius 2 is 1.64 bits per heavy atom. The van der Waals surface area contributed by atoms with Crippen molar-refractivity contribution >= 4 is 27.3 Å². The van der Waals surface area contributed by atoms with Crippen LogP contribution in [-0.4, -0.2) is 60.5 Å². The second-order valence-corrected chi connectivity index (χ2v) is 11.5. The Bertz CT molecular complexity index is 1690. The number of nitrogens with one attached hydrogen (secondary N) is 1. The van der Waals surface area contributed by atoms with Gasteiger partial charge in [0.2, 0.25) is 10.0 Å². The molecule has 1 fully saturated rings. The minimum atomic E-state index is -3.82. The quantitative estimate of drug-likeness (QED) is 0.364. The highest BCUT2D eigenvalue weighted by atomic mass is 32.2. The maximum absolute atomic E-state index is 13.7. The van der Waals surface area contributed by atoms with Crippen LogP contribution in [0.5, 0.6) is 11.5 Å². The average molecular weight is 550 g/mol. The Balaban J connectivity index is 1.70. The number of aryl methyl sites for hydroxylation is 3. The zero-order valence-electron chi connectivity index (χ0n) is 22.6. The fourth-order valence-electron chi connectivity index (χ4n) is 4.95. The van der Waals surface area contributed by atoms with Gasteiger partial charge in [-0.3, -0.25) is 4.79 Å². The molecule has 1 aliphatic heterocycles. The molecule has 1 N–H and O–H groups in total. The molecule has 2 aromatic carbocycles. The standard InChI is InChI=1S/C28H31N5O5S/c1-17-8-10-22(37-4)21(14-17)30-28(34)26-25(27-29-18(2)15-19(3)33(27)31-26)20-9-11-23(38-5)24(16-20)39(35,36)32-12-6-7-13-32/h8-11,14-16H,6-7,12-13H2,1-5H3,(H,30,34). The third-order valence-electron chi connectivity index (χ3n) is 6.85. The van der Waals surface area contributed by atoms with E-state index in [4.69, 9.17) is 9.47 Å². The molecule has 3 heterocycles. The van der Waals surface area contributed by atoms with Crippen molar-refractivity contribution in [3.05, 3.63) is 65.1 Å². The van der Waals surface area contributed by atoms with Gasteiger partial charge in [0.1, 0.15) is 16.4 Å². The molecule has 0 unspecified atom stereocenters. The number of hydrogen-bond donors (Lipinski definition) is 1. The van der Waals surface area contributed by atoms with E-state index in [2.05, 4.69) is 15.4 Å². The number of carbonyl (C=O) groups is 1. The molecule has 2 aromatic heterocycles. The summed E-state index contributed by atoms with van der Waals surface area (Å²) in [4.78, 5) is 18.5. The number of ether oxygens (including phenoxy) is 2. The summed E-state index contributed by atoms with van der Waals surface area (Å²) >= 11 is 0. The number of methoxy groups -OCH3 is 2. The van der Waals surface area contributed by atoms with Gasteiger partial charge in [-0.05, 0) is 75.1 Å². The van der Waals surface area contributed by atoms with Crippen molar-refractivity contribution in [3.63, 3.8) is 0 Å². The largest absolute Gasteiger partial charge is 0.495 e. The summed E-state index contributed by atoms with van der Waals surface area (Å²) in [6.45, 7) is 6.57. The second kappa shape index (κ2) is 10.3. The molecule has 1 aliphatic rings. The average Bonchev–Trinajstić information content (AvgIpc) is 3.58. The Hall–Kier alpha value is -3.96. The molecule has 39 heavy (non-hydrogen) atoms. The molecule has 1 amide bonds. The first-order valence-electron chi connectivity index (χ1n) is 12.7. The number of nitrogens with zero attached hydrogens (tertiary/aromatic N) is 4. The van der Waals surface area contributed by atoms with E-state index in [9.17, 15) is 13.2 Å². The van der Waals surface area contributed by atoms with E-state index in [1.54, 1.807) is 28.8 Å². The van der Waals surface area contributed by atoms with Gasteiger partial charge in [-0.2, -0.15) is 9.40 Å². The van der Waals surface area contributed by atoms with E-state index in [1.165, 1.54) is 18.5 Å². The van der Waals surface area contributed by atoms with Gasteiger partial charge in [-0.25, -0.2) is 17.9 Å². The molecule has 10 nitrogen and oxygen atoms in total. The summed E-state index contributed by atoms with van der Waals surface area (Å²) in [7, 11) is -0.842. The summed E-state index contributed by atoms with van der Waals surface area (Å²) in [5.41, 5.74) is 4.43. The Kier molecular flexibility index (Phi) is 7.04. The number of hydrogen-bond acceptors (Lipinski definition) is 7. The van der Waals surface area contributed by atoms with Gasteiger partial charge in [0.05, 0.1) is 25.5 Å². The van der Waals surface area contributed by atoms with Crippen LogP contribution in [0.4, 0.5) is 5.69 Å². The van der Waals surface area contributed by atoms with Gasteiger partial charge in [0.15, 0.2) is 11.3 Å². The smallest absolute Gasteiger partial charge is 0.277 e. The number of sulfonamides is 1. The van der Waals surface area contributed by atoms with Crippen LogP contribution in [0.1, 0.15) is 40.3 Å². The Morgan fingerprint density at radius 3 is 2.33 bits per heavy atom. The highest BCUT2D eigenvalue weighted by molar-refractivity contribution is 7.89. The zero-order chi connectivity index (χ0) is 27.9. The van der Waals surface area contributed by atoms with E-state index in [0.29, 0.717) is 41.3 Å². The highest BCUT2D eigenvalue weighted by Gasteiger charge is 2.32. The molecule has 0 saturated carbocycles. The molecule has 1 saturated heterocycles. The molecule has 0 atom stereocenters. The molecule has 0 aliphatic carbocycles. The van der Waals surface area contributed by atoms with Crippen LogP contribution in [0.3, 0.4) is 0 Å². The number of anilines is 1. The SMILES string of the molecule is COc1ccc(C)cc1NC(=O)c1nn2c(C)cc(C)nc2c1-c1ccc(OC)c(S(=O)(=O)N2CCCC2)c1. The molecule has 4 aromatic rings. The topological polar surface area (TPSA) is 115 Å². The van der Waals surface area contributed by atoms with Crippen LogP contribution in [0.2, 0.25) is 0 Å². The minimum absolute atomic E-state index is 0.0415. The predicted molar refractivity (Wildman–Crippen MR) is 148 cm³/mol. The zero-order valence-corrected chi connectivity index (χ0v) is 23.4. The second-order valence-electron chi connectivity index (χ2n) is 9.63. The van der Waals surface area contributed by atoms with Crippen LogP contribution in [0, 0.1) is 20.8 Å². The van der Waals surface area contributed by atoms with Crippen molar-refractivity contribution in [2.24, 2.45) is 0 Å². The summed E-state index contributed by atoms with van der Waals surface area (Å²) in [5.74, 6) is 0.266. The number of benzene rings is 2. The minimum Gasteiger partial charge on any atom is -0.495 e. The van der Waals surface area contributed by atoms with Crippen molar-refractivity contribution in [3.8, 4) is 22.6 Å². The maximum Gasteiger partial charge on any atom is 0.277 e. The first-order valence-corrected chi connectivity index (χ1v) is 14.1. The third kappa shape index (κ3) is 4.83. The van der Waals surface area contributed by atoms with Crippen molar-refractivity contribution in [2.75, 3.05) is 32.6 Å². The van der Waals surface area contributed by atoms with Crippen molar-refractivity contribution in [2.45, 2.75) is 38.5 Å². The van der Waals surface area contributed by atoms with Crippen molar-refractivity contribution in [1.82, 2.24) is 18.9 Å². The lowest BCUT2D eigenvalue weighted by Gasteiger charge is -2.18. The van der Waals surface area contributed by atoms with Gasteiger partial charge >= 0.3 is 0 Å². The van der Waals surface area contributed by atoms with E-state index < -0.39 is 15.9 Å². The summed E-state index contributed by atoms with van der Waals surface area (Å²) < 4.78 is 41.1. The molecule has 0 spiro atoms. The molecule has 0 bridgehead atoms. The van der Waals surface area contributed by atoms with E-state index >= 15 is 0 Å². The van der Waals surface area contributed by atoms with Crippen molar-refractivity contribution < 1.29 is 22.7 Å². The number of rotatable bonds is 7. The number of carbonyl (C=O) groups excluding carboxylic acids is 1.